The zero-order chi connectivity index (χ0) is 21.7. The predicted octanol–water partition coefficient (Wildman–Crippen LogP) is 2.65. The Bertz CT molecular complexity index is 1060. The highest BCUT2D eigenvalue weighted by molar-refractivity contribution is 5.84. The number of carbonyl (C=O) groups excluding carboxylic acids is 1. The summed E-state index contributed by atoms with van der Waals surface area (Å²) in [6.45, 7) is 1.55. The smallest absolute Gasteiger partial charge is 0.356 e. The summed E-state index contributed by atoms with van der Waals surface area (Å²) < 4.78 is 0. The molecular formula is C21H19N4O5-. The number of hydrogen-bond donors (Lipinski definition) is 2. The third-order valence-corrected chi connectivity index (χ3v) is 4.57. The van der Waals surface area contributed by atoms with Crippen LogP contribution in [0.1, 0.15) is 24.1 Å². The molecule has 0 spiro atoms. The zero-order valence-electron chi connectivity index (χ0n) is 16.1. The number of nitrogens with zero attached hydrogens (tertiary/aromatic N) is 2. The normalized spacial score (nSPS) is 10.6. The van der Waals surface area contributed by atoms with Gasteiger partial charge in [0.15, 0.2) is 0 Å². The molecule has 1 amide bonds. The van der Waals surface area contributed by atoms with Crippen molar-refractivity contribution in [1.82, 2.24) is 4.98 Å². The molecule has 2 N–H and O–H groups in total. The van der Waals surface area contributed by atoms with Gasteiger partial charge >= 0.3 is 11.2 Å². The minimum Gasteiger partial charge on any atom is -0.530 e. The number of H-pyrrole nitrogens is 1. The number of hydrogen-bond acceptors (Lipinski definition) is 6. The van der Waals surface area contributed by atoms with Gasteiger partial charge in [0.25, 0.3) is 0 Å². The lowest BCUT2D eigenvalue weighted by atomic mass is 9.98. The highest BCUT2D eigenvalue weighted by Gasteiger charge is 2.25. The third kappa shape index (κ3) is 4.30. The molecule has 0 saturated heterocycles. The van der Waals surface area contributed by atoms with Crippen molar-refractivity contribution in [3.8, 4) is 0 Å². The van der Waals surface area contributed by atoms with Gasteiger partial charge in [-0.05, 0) is 18.1 Å². The fourth-order valence-corrected chi connectivity index (χ4v) is 3.18. The van der Waals surface area contributed by atoms with Crippen LogP contribution < -0.4 is 20.9 Å². The number of aromatic nitrogens is 1. The standard InChI is InChI=1S/C21H20N4O5/c1-2-24(21(27)28)17-13-16(19(25(29)30)20(26)23-17)22-18(14-9-5-3-6-10-14)15-11-7-4-8-12-15/h3-13,18H,2H2,1H3,(H,27,28)(H2,22,23,26)/p-1. The molecular weight excluding hydrogens is 388 g/mol. The Morgan fingerprint density at radius 1 is 1.10 bits per heavy atom. The number of aromatic amines is 1. The number of pyridine rings is 1. The molecule has 3 rings (SSSR count). The van der Waals surface area contributed by atoms with E-state index in [1.54, 1.807) is 6.92 Å². The SMILES string of the molecule is CCN(C(=O)[O-])c1cc(NC(c2ccccc2)c2ccccc2)c([N+](=O)[O-])c(=O)[nH]1. The summed E-state index contributed by atoms with van der Waals surface area (Å²) in [5, 5.41) is 26.0. The van der Waals surface area contributed by atoms with Gasteiger partial charge in [0.05, 0.1) is 11.0 Å². The lowest BCUT2D eigenvalue weighted by Gasteiger charge is -2.25. The minimum atomic E-state index is -1.53. The monoisotopic (exact) mass is 407 g/mol. The van der Waals surface area contributed by atoms with Crippen molar-refractivity contribution in [3.05, 3.63) is 98.3 Å². The van der Waals surface area contributed by atoms with Crippen LogP contribution in [0, 0.1) is 10.1 Å². The number of carboxylic acid groups (broad SMARTS) is 1. The molecule has 2 aromatic carbocycles. The van der Waals surface area contributed by atoms with Crippen LogP contribution in [0.5, 0.6) is 0 Å². The van der Waals surface area contributed by atoms with E-state index in [0.717, 1.165) is 16.0 Å². The van der Waals surface area contributed by atoms with Crippen molar-refractivity contribution in [3.63, 3.8) is 0 Å². The fourth-order valence-electron chi connectivity index (χ4n) is 3.18. The lowest BCUT2D eigenvalue weighted by Crippen LogP contribution is -2.42. The van der Waals surface area contributed by atoms with Gasteiger partial charge in [-0.25, -0.2) is 0 Å². The Hall–Kier alpha value is -4.14. The maximum atomic E-state index is 12.4. The summed E-state index contributed by atoms with van der Waals surface area (Å²) in [7, 11) is 0. The molecule has 0 unspecified atom stereocenters. The van der Waals surface area contributed by atoms with Crippen LogP contribution in [0.3, 0.4) is 0 Å². The first kappa shape index (κ1) is 20.6. The molecule has 30 heavy (non-hydrogen) atoms. The van der Waals surface area contributed by atoms with Gasteiger partial charge in [-0.1, -0.05) is 60.7 Å². The zero-order valence-corrected chi connectivity index (χ0v) is 16.1. The predicted molar refractivity (Wildman–Crippen MR) is 110 cm³/mol. The largest absolute Gasteiger partial charge is 0.530 e. The Morgan fingerprint density at radius 2 is 1.63 bits per heavy atom. The average Bonchev–Trinajstić information content (AvgIpc) is 2.73. The summed E-state index contributed by atoms with van der Waals surface area (Å²) in [5.74, 6) is -0.115. The third-order valence-electron chi connectivity index (χ3n) is 4.57. The second kappa shape index (κ2) is 8.91. The van der Waals surface area contributed by atoms with Gasteiger partial charge in [0.2, 0.25) is 0 Å². The molecule has 0 aliphatic carbocycles. The Morgan fingerprint density at radius 3 is 2.07 bits per heavy atom. The van der Waals surface area contributed by atoms with Crippen molar-refractivity contribution >= 4 is 23.3 Å². The van der Waals surface area contributed by atoms with E-state index in [9.17, 15) is 24.8 Å². The maximum absolute atomic E-state index is 12.4. The van der Waals surface area contributed by atoms with Crippen LogP contribution in [-0.4, -0.2) is 22.5 Å². The lowest BCUT2D eigenvalue weighted by molar-refractivity contribution is -0.385. The van der Waals surface area contributed by atoms with Crippen LogP contribution in [0.25, 0.3) is 0 Å². The Labute approximate surface area is 171 Å². The quantitative estimate of drug-likeness (QED) is 0.457. The molecule has 0 saturated carbocycles. The first-order valence-corrected chi connectivity index (χ1v) is 9.19. The van der Waals surface area contributed by atoms with E-state index in [4.69, 9.17) is 0 Å². The van der Waals surface area contributed by atoms with Gasteiger partial charge in [0, 0.05) is 12.6 Å². The first-order valence-electron chi connectivity index (χ1n) is 9.19. The molecule has 9 heteroatoms. The van der Waals surface area contributed by atoms with E-state index in [1.807, 2.05) is 60.7 Å². The van der Waals surface area contributed by atoms with Crippen molar-refractivity contribution in [2.24, 2.45) is 0 Å². The van der Waals surface area contributed by atoms with E-state index in [2.05, 4.69) is 10.3 Å². The molecule has 1 aromatic heterocycles. The fraction of sp³-hybridized carbons (Fsp3) is 0.143. The highest BCUT2D eigenvalue weighted by atomic mass is 16.6. The van der Waals surface area contributed by atoms with Gasteiger partial charge in [-0.2, -0.15) is 0 Å². The van der Waals surface area contributed by atoms with Gasteiger partial charge in [-0.3, -0.25) is 14.9 Å². The topological polar surface area (TPSA) is 131 Å². The Balaban J connectivity index is 2.16. The molecule has 0 aliphatic heterocycles. The molecule has 3 aromatic rings. The summed E-state index contributed by atoms with van der Waals surface area (Å²) in [4.78, 5) is 37.6. The van der Waals surface area contributed by atoms with Gasteiger partial charge in [0.1, 0.15) is 17.6 Å². The number of amides is 1. The van der Waals surface area contributed by atoms with Crippen LogP contribution >= 0.6 is 0 Å². The van der Waals surface area contributed by atoms with Gasteiger partial charge < -0.3 is 25.1 Å². The summed E-state index contributed by atoms with van der Waals surface area (Å²) >= 11 is 0. The van der Waals surface area contributed by atoms with E-state index < -0.39 is 28.3 Å². The summed E-state index contributed by atoms with van der Waals surface area (Å²) in [6.07, 6.45) is -1.53. The number of nitro groups is 1. The molecule has 0 bridgehead atoms. The number of nitrogens with one attached hydrogen (secondary N) is 2. The van der Waals surface area contributed by atoms with Crippen molar-refractivity contribution in [2.45, 2.75) is 13.0 Å². The van der Waals surface area contributed by atoms with E-state index in [1.165, 1.54) is 6.07 Å². The second-order valence-corrected chi connectivity index (χ2v) is 6.41. The average molecular weight is 407 g/mol. The molecule has 0 radical (unpaired) electrons. The van der Waals surface area contributed by atoms with Crippen molar-refractivity contribution in [2.75, 3.05) is 16.8 Å². The summed E-state index contributed by atoms with van der Waals surface area (Å²) in [6, 6.07) is 19.1. The molecule has 9 nitrogen and oxygen atoms in total. The molecule has 0 atom stereocenters. The number of benzene rings is 2. The van der Waals surface area contributed by atoms with Crippen LogP contribution in [0.4, 0.5) is 22.0 Å². The van der Waals surface area contributed by atoms with Crippen LogP contribution in [0.2, 0.25) is 0 Å². The second-order valence-electron chi connectivity index (χ2n) is 6.41. The molecule has 0 fully saturated rings. The minimum absolute atomic E-state index is 0.00365. The number of anilines is 2. The van der Waals surface area contributed by atoms with Crippen molar-refractivity contribution in [1.29, 1.82) is 0 Å². The number of rotatable bonds is 7. The summed E-state index contributed by atoms with van der Waals surface area (Å²) in [5.41, 5.74) is -0.195. The van der Waals surface area contributed by atoms with E-state index >= 15 is 0 Å². The van der Waals surface area contributed by atoms with E-state index in [-0.39, 0.29) is 18.1 Å². The first-order chi connectivity index (χ1) is 14.4. The highest BCUT2D eigenvalue weighted by Crippen LogP contribution is 2.31. The molecule has 154 valence electrons. The van der Waals surface area contributed by atoms with Crippen LogP contribution in [0.15, 0.2) is 71.5 Å². The molecule has 0 aliphatic rings. The van der Waals surface area contributed by atoms with E-state index in [0.29, 0.717) is 0 Å². The van der Waals surface area contributed by atoms with Gasteiger partial charge in [-0.15, -0.1) is 0 Å². The Kier molecular flexibility index (Phi) is 6.11. The number of carbonyl (C=O) groups is 1. The van der Waals surface area contributed by atoms with Crippen molar-refractivity contribution < 1.29 is 14.8 Å². The molecule has 1 heterocycles. The van der Waals surface area contributed by atoms with Crippen LogP contribution in [-0.2, 0) is 0 Å². The maximum Gasteiger partial charge on any atom is 0.356 e.